The van der Waals surface area contributed by atoms with Crippen LogP contribution >= 0.6 is 0 Å². The van der Waals surface area contributed by atoms with Gasteiger partial charge in [-0.2, -0.15) is 0 Å². The van der Waals surface area contributed by atoms with Crippen LogP contribution in [0, 0.1) is 6.92 Å². The number of ether oxygens (including phenoxy) is 1. The zero-order valence-electron chi connectivity index (χ0n) is 21.9. The van der Waals surface area contributed by atoms with E-state index in [0.29, 0.717) is 37.3 Å². The Labute approximate surface area is 267 Å². The molecule has 2 aliphatic rings. The van der Waals surface area contributed by atoms with E-state index < -0.39 is 18.5 Å². The summed E-state index contributed by atoms with van der Waals surface area (Å²) >= 11 is 0. The van der Waals surface area contributed by atoms with E-state index in [-0.39, 0.29) is 76.1 Å². The Hall–Kier alpha value is -2.31. The number of halogens is 3. The average molecular weight is 559 g/mol. The fourth-order valence-electron chi connectivity index (χ4n) is 5.30. The molecule has 3 aromatic carbocycles. The molecular formula is C27H26BF3KN5O2. The summed E-state index contributed by atoms with van der Waals surface area (Å²) in [6, 6.07) is 18.3. The van der Waals surface area contributed by atoms with Gasteiger partial charge in [0, 0.05) is 49.2 Å². The predicted molar refractivity (Wildman–Crippen MR) is 141 cm³/mol. The molecule has 0 aromatic heterocycles. The summed E-state index contributed by atoms with van der Waals surface area (Å²) in [5, 5.41) is 3.45. The van der Waals surface area contributed by atoms with Gasteiger partial charge in [0.25, 0.3) is 0 Å². The van der Waals surface area contributed by atoms with Gasteiger partial charge in [0.05, 0.1) is 0 Å². The smallest absolute Gasteiger partial charge is 0.448 e. The third-order valence-electron chi connectivity index (χ3n) is 7.40. The molecule has 12 heteroatoms. The minimum Gasteiger partial charge on any atom is -0.448 e. The first-order valence-electron chi connectivity index (χ1n) is 12.5. The van der Waals surface area contributed by atoms with Gasteiger partial charge in [-0.1, -0.05) is 65.8 Å². The number of hydrogen-bond donors (Lipinski definition) is 0. The maximum Gasteiger partial charge on any atom is 1.00 e. The van der Waals surface area contributed by atoms with Crippen molar-refractivity contribution in [2.24, 2.45) is 5.11 Å². The second-order valence-electron chi connectivity index (χ2n) is 9.66. The Bertz CT molecular complexity index is 1380. The second kappa shape index (κ2) is 12.5. The number of fused-ring (bicyclic) bond motifs is 3. The van der Waals surface area contributed by atoms with Crippen molar-refractivity contribution in [1.29, 1.82) is 0 Å². The number of azide groups is 1. The van der Waals surface area contributed by atoms with Crippen molar-refractivity contribution in [2.45, 2.75) is 19.4 Å². The molecule has 1 amide bonds. The standard InChI is InChI=1S/C27H26BF3N5O2.K/c1-18-19(14-20(28(29,30)31)15-26(18)33-34-32)16-35-10-12-36(13-11-35)27(37)38-17-25-23-8-4-2-6-21(23)22-7-3-5-9-24(22)25;/h2-9,14-15,25H,10-13,16-17H2,1H3;/q-1;+1. The largest absolute Gasteiger partial charge is 1.00 e. The van der Waals surface area contributed by atoms with Crippen molar-refractivity contribution in [1.82, 2.24) is 9.80 Å². The molecule has 0 bridgehead atoms. The summed E-state index contributed by atoms with van der Waals surface area (Å²) in [6.45, 7) is -1.30. The van der Waals surface area contributed by atoms with Gasteiger partial charge in [0.15, 0.2) is 0 Å². The molecule has 1 aliphatic carbocycles. The summed E-state index contributed by atoms with van der Waals surface area (Å²) in [6.07, 6.45) is -0.393. The minimum atomic E-state index is -5.24. The fourth-order valence-corrected chi connectivity index (χ4v) is 5.30. The molecule has 7 nitrogen and oxygen atoms in total. The van der Waals surface area contributed by atoms with E-state index in [4.69, 9.17) is 10.3 Å². The molecule has 196 valence electrons. The second-order valence-corrected chi connectivity index (χ2v) is 9.66. The molecule has 0 saturated carbocycles. The Morgan fingerprint density at radius 2 is 1.62 bits per heavy atom. The first kappa shape index (κ1) is 29.7. The van der Waals surface area contributed by atoms with Gasteiger partial charge in [-0.3, -0.25) is 4.90 Å². The van der Waals surface area contributed by atoms with E-state index in [9.17, 15) is 17.7 Å². The van der Waals surface area contributed by atoms with Crippen LogP contribution in [0.4, 0.5) is 23.4 Å². The monoisotopic (exact) mass is 559 g/mol. The van der Waals surface area contributed by atoms with Gasteiger partial charge < -0.3 is 22.6 Å². The molecule has 1 aliphatic heterocycles. The maximum atomic E-state index is 13.4. The van der Waals surface area contributed by atoms with Gasteiger partial charge in [-0.25, -0.2) is 4.79 Å². The number of carbonyl (C=O) groups excluding carboxylic acids is 1. The van der Waals surface area contributed by atoms with E-state index in [0.717, 1.165) is 34.4 Å². The zero-order valence-corrected chi connectivity index (χ0v) is 25.0. The minimum absolute atomic E-state index is 0. The van der Waals surface area contributed by atoms with Crippen LogP contribution in [0.5, 0.6) is 0 Å². The van der Waals surface area contributed by atoms with Crippen LogP contribution in [-0.4, -0.2) is 55.7 Å². The van der Waals surface area contributed by atoms with E-state index in [1.807, 2.05) is 29.2 Å². The van der Waals surface area contributed by atoms with Crippen molar-refractivity contribution < 1.29 is 73.9 Å². The summed E-state index contributed by atoms with van der Waals surface area (Å²) in [5.74, 6) is -0.0246. The molecule has 5 rings (SSSR count). The van der Waals surface area contributed by atoms with Crippen LogP contribution in [0.3, 0.4) is 0 Å². The van der Waals surface area contributed by atoms with E-state index in [1.54, 1.807) is 11.8 Å². The summed E-state index contributed by atoms with van der Waals surface area (Å²) in [4.78, 5) is 19.2. The molecular weight excluding hydrogens is 533 g/mol. The number of nitrogens with zero attached hydrogens (tertiary/aromatic N) is 5. The normalized spacial score (nSPS) is 15.1. The number of hydrogen-bond acceptors (Lipinski definition) is 4. The van der Waals surface area contributed by atoms with Crippen LogP contribution in [0.1, 0.15) is 28.2 Å². The first-order valence-corrected chi connectivity index (χ1v) is 12.5. The van der Waals surface area contributed by atoms with Gasteiger partial charge in [0.1, 0.15) is 6.61 Å². The predicted octanol–water partition coefficient (Wildman–Crippen LogP) is 3.06. The number of piperazine rings is 1. The molecule has 0 N–H and O–H groups in total. The number of carbonyl (C=O) groups is 1. The number of amides is 1. The molecule has 0 spiro atoms. The van der Waals surface area contributed by atoms with Gasteiger partial charge in [-0.05, 0) is 45.8 Å². The molecule has 0 radical (unpaired) electrons. The zero-order chi connectivity index (χ0) is 26.9. The molecule has 1 heterocycles. The molecule has 0 atom stereocenters. The van der Waals surface area contributed by atoms with Crippen LogP contribution in [0.2, 0.25) is 0 Å². The fraction of sp³-hybridized carbons (Fsp3) is 0.296. The van der Waals surface area contributed by atoms with Crippen LogP contribution in [0.15, 0.2) is 65.8 Å². The van der Waals surface area contributed by atoms with Crippen molar-refractivity contribution in [3.05, 3.63) is 93.4 Å². The summed E-state index contributed by atoms with van der Waals surface area (Å²) in [7, 11) is 0. The summed E-state index contributed by atoms with van der Waals surface area (Å²) in [5.41, 5.74) is 13.5. The Morgan fingerprint density at radius 3 is 2.18 bits per heavy atom. The van der Waals surface area contributed by atoms with Crippen LogP contribution in [-0.2, 0) is 11.3 Å². The Morgan fingerprint density at radius 1 is 1.03 bits per heavy atom. The molecule has 0 unspecified atom stereocenters. The Kier molecular flexibility index (Phi) is 9.49. The van der Waals surface area contributed by atoms with Crippen molar-refractivity contribution in [3.8, 4) is 11.1 Å². The van der Waals surface area contributed by atoms with Crippen molar-refractivity contribution in [2.75, 3.05) is 32.8 Å². The van der Waals surface area contributed by atoms with Gasteiger partial charge >= 0.3 is 64.5 Å². The third kappa shape index (κ3) is 6.38. The molecule has 1 saturated heterocycles. The first-order chi connectivity index (χ1) is 18.3. The molecule has 39 heavy (non-hydrogen) atoms. The number of benzene rings is 3. The SMILES string of the molecule is Cc1c(CN2CCN(C(=O)OCC3c4ccccc4-c4ccccc43)CC2)cc([B-](F)(F)F)cc1N=[N+]=[N-].[K+]. The Balaban J connectivity index is 0.00000353. The van der Waals surface area contributed by atoms with Crippen LogP contribution in [0.25, 0.3) is 21.6 Å². The van der Waals surface area contributed by atoms with E-state index >= 15 is 0 Å². The van der Waals surface area contributed by atoms with E-state index in [2.05, 4.69) is 34.3 Å². The molecule has 1 fully saturated rings. The number of rotatable bonds is 6. The summed E-state index contributed by atoms with van der Waals surface area (Å²) < 4.78 is 46.1. The van der Waals surface area contributed by atoms with E-state index in [1.165, 1.54) is 0 Å². The van der Waals surface area contributed by atoms with Crippen molar-refractivity contribution >= 4 is 24.2 Å². The van der Waals surface area contributed by atoms with Crippen LogP contribution < -0.4 is 56.8 Å². The molecule has 3 aromatic rings. The third-order valence-corrected chi connectivity index (χ3v) is 7.40. The maximum absolute atomic E-state index is 13.4. The topological polar surface area (TPSA) is 81.5 Å². The van der Waals surface area contributed by atoms with Gasteiger partial charge in [0.2, 0.25) is 0 Å². The quantitative estimate of drug-likeness (QED) is 0.202. The van der Waals surface area contributed by atoms with Crippen molar-refractivity contribution in [3.63, 3.8) is 0 Å². The average Bonchev–Trinajstić information content (AvgIpc) is 3.23. The van der Waals surface area contributed by atoms with Gasteiger partial charge in [-0.15, -0.1) is 5.46 Å².